The van der Waals surface area contributed by atoms with E-state index in [0.717, 1.165) is 16.7 Å². The van der Waals surface area contributed by atoms with Gasteiger partial charge in [0.25, 0.3) is 0 Å². The normalized spacial score (nSPS) is 21.8. The molecule has 3 atom stereocenters. The molecule has 126 valence electrons. The molecule has 1 aromatic carbocycles. The predicted octanol–water partition coefficient (Wildman–Crippen LogP) is 2.42. The van der Waals surface area contributed by atoms with Crippen molar-refractivity contribution < 1.29 is 13.6 Å². The fourth-order valence-corrected chi connectivity index (χ4v) is 3.06. The molecule has 1 aliphatic rings. The highest BCUT2D eigenvalue weighted by molar-refractivity contribution is 5.79. The Kier molecular flexibility index (Phi) is 4.81. The van der Waals surface area contributed by atoms with E-state index in [1.165, 1.54) is 4.90 Å². The second-order valence-electron chi connectivity index (χ2n) is 6.26. The van der Waals surface area contributed by atoms with Gasteiger partial charge in [-0.05, 0) is 19.1 Å². The van der Waals surface area contributed by atoms with Crippen LogP contribution in [-0.2, 0) is 11.2 Å². The number of para-hydroxylation sites is 1. The molecule has 6 heteroatoms. The molecule has 3 rings (SSSR count). The number of amides is 1. The van der Waals surface area contributed by atoms with Crippen LogP contribution in [0.2, 0.25) is 0 Å². The second kappa shape index (κ2) is 7.02. The van der Waals surface area contributed by atoms with E-state index in [0.29, 0.717) is 6.42 Å². The Labute approximate surface area is 140 Å². The van der Waals surface area contributed by atoms with E-state index in [2.05, 4.69) is 5.32 Å². The smallest absolute Gasteiger partial charge is 0.237 e. The van der Waals surface area contributed by atoms with Gasteiger partial charge in [-0.1, -0.05) is 18.2 Å². The van der Waals surface area contributed by atoms with E-state index in [1.54, 1.807) is 0 Å². The quantitative estimate of drug-likeness (QED) is 0.914. The third kappa shape index (κ3) is 3.57. The van der Waals surface area contributed by atoms with E-state index in [4.69, 9.17) is 9.68 Å². The summed E-state index contributed by atoms with van der Waals surface area (Å²) < 4.78 is 19.1. The van der Waals surface area contributed by atoms with Crippen molar-refractivity contribution in [2.45, 2.75) is 38.0 Å². The monoisotopic (exact) mass is 329 g/mol. The van der Waals surface area contributed by atoms with Crippen LogP contribution in [0.5, 0.6) is 0 Å². The Morgan fingerprint density at radius 3 is 3.08 bits per heavy atom. The fraction of sp³-hybridized carbons (Fsp3) is 0.444. The molecular formula is C18H20FN3O2. The summed E-state index contributed by atoms with van der Waals surface area (Å²) in [6, 6.07) is 11.2. The Balaban J connectivity index is 1.52. The SMILES string of the molecule is C[C@@H](Cc1cc2ccccc2o1)NCC(=O)N1C[C@@H](F)C[C@H]1C#N. The van der Waals surface area contributed by atoms with Crippen molar-refractivity contribution >= 4 is 16.9 Å². The summed E-state index contributed by atoms with van der Waals surface area (Å²) in [5, 5.41) is 13.2. The van der Waals surface area contributed by atoms with Crippen molar-refractivity contribution in [2.75, 3.05) is 13.1 Å². The molecule has 24 heavy (non-hydrogen) atoms. The van der Waals surface area contributed by atoms with Crippen molar-refractivity contribution in [3.63, 3.8) is 0 Å². The standard InChI is InChI=1S/C18H20FN3O2/c1-12(6-16-7-13-4-2-3-5-17(13)24-16)21-10-18(23)22-11-14(19)8-15(22)9-20/h2-5,7,12,14-15,21H,6,8,10-11H2,1H3/t12-,14-,15-/m0/s1. The maximum Gasteiger partial charge on any atom is 0.237 e. The molecule has 5 nitrogen and oxygen atoms in total. The van der Waals surface area contributed by atoms with Gasteiger partial charge < -0.3 is 14.6 Å². The van der Waals surface area contributed by atoms with Crippen molar-refractivity contribution in [1.82, 2.24) is 10.2 Å². The van der Waals surface area contributed by atoms with Crippen LogP contribution in [0.15, 0.2) is 34.7 Å². The van der Waals surface area contributed by atoms with E-state index < -0.39 is 12.2 Å². The third-order valence-electron chi connectivity index (χ3n) is 4.31. The number of furan rings is 1. The molecular weight excluding hydrogens is 309 g/mol. The molecule has 0 aliphatic carbocycles. The number of hydrogen-bond acceptors (Lipinski definition) is 4. The molecule has 1 fully saturated rings. The number of nitriles is 1. The largest absolute Gasteiger partial charge is 0.461 e. The number of nitrogens with zero attached hydrogens (tertiary/aromatic N) is 2. The van der Waals surface area contributed by atoms with Crippen LogP contribution >= 0.6 is 0 Å². The number of nitrogens with one attached hydrogen (secondary N) is 1. The van der Waals surface area contributed by atoms with E-state index in [-0.39, 0.29) is 31.5 Å². The lowest BCUT2D eigenvalue weighted by atomic mass is 10.2. The number of benzene rings is 1. The maximum atomic E-state index is 13.4. The number of hydrogen-bond donors (Lipinski definition) is 1. The fourth-order valence-electron chi connectivity index (χ4n) is 3.06. The minimum Gasteiger partial charge on any atom is -0.461 e. The molecule has 1 amide bonds. The Morgan fingerprint density at radius 1 is 1.54 bits per heavy atom. The lowest BCUT2D eigenvalue weighted by molar-refractivity contribution is -0.130. The zero-order valence-electron chi connectivity index (χ0n) is 13.5. The molecule has 1 saturated heterocycles. The average molecular weight is 329 g/mol. The summed E-state index contributed by atoms with van der Waals surface area (Å²) in [5.41, 5.74) is 0.846. The van der Waals surface area contributed by atoms with Crippen LogP contribution in [0.1, 0.15) is 19.1 Å². The van der Waals surface area contributed by atoms with Gasteiger partial charge in [-0.3, -0.25) is 4.79 Å². The lowest BCUT2D eigenvalue weighted by Crippen LogP contribution is -2.43. The number of likely N-dealkylation sites (tertiary alicyclic amines) is 1. The first-order chi connectivity index (χ1) is 11.6. The predicted molar refractivity (Wildman–Crippen MR) is 88.0 cm³/mol. The number of carbonyl (C=O) groups excluding carboxylic acids is 1. The van der Waals surface area contributed by atoms with Gasteiger partial charge in [0.15, 0.2) is 0 Å². The summed E-state index contributed by atoms with van der Waals surface area (Å²) in [5.74, 6) is 0.613. The molecule has 1 aromatic heterocycles. The summed E-state index contributed by atoms with van der Waals surface area (Å²) in [4.78, 5) is 13.5. The van der Waals surface area contributed by atoms with Crippen LogP contribution in [-0.4, -0.2) is 42.2 Å². The number of halogens is 1. The Hall–Kier alpha value is -2.39. The molecule has 1 N–H and O–H groups in total. The zero-order valence-corrected chi connectivity index (χ0v) is 13.5. The molecule has 0 unspecified atom stereocenters. The van der Waals surface area contributed by atoms with Crippen molar-refractivity contribution in [1.29, 1.82) is 5.26 Å². The minimum atomic E-state index is -1.11. The molecule has 0 spiro atoms. The highest BCUT2D eigenvalue weighted by Crippen LogP contribution is 2.21. The number of rotatable bonds is 5. The Bertz CT molecular complexity index is 734. The summed E-state index contributed by atoms with van der Waals surface area (Å²) in [6.45, 7) is 2.06. The molecule has 2 aromatic rings. The molecule has 0 bridgehead atoms. The van der Waals surface area contributed by atoms with Crippen LogP contribution < -0.4 is 5.32 Å². The summed E-state index contributed by atoms with van der Waals surface area (Å²) in [7, 11) is 0. The Morgan fingerprint density at radius 2 is 2.33 bits per heavy atom. The van der Waals surface area contributed by atoms with Crippen LogP contribution in [0.3, 0.4) is 0 Å². The van der Waals surface area contributed by atoms with Crippen molar-refractivity contribution in [3.05, 3.63) is 36.1 Å². The van der Waals surface area contributed by atoms with Crippen LogP contribution in [0.25, 0.3) is 11.0 Å². The van der Waals surface area contributed by atoms with Crippen molar-refractivity contribution in [2.24, 2.45) is 0 Å². The van der Waals surface area contributed by atoms with Gasteiger partial charge in [0, 0.05) is 24.3 Å². The second-order valence-corrected chi connectivity index (χ2v) is 6.26. The molecule has 2 heterocycles. The average Bonchev–Trinajstić information content (AvgIpc) is 3.14. The van der Waals surface area contributed by atoms with Gasteiger partial charge in [-0.2, -0.15) is 5.26 Å². The number of carbonyl (C=O) groups is 1. The zero-order chi connectivity index (χ0) is 17.1. The first-order valence-electron chi connectivity index (χ1n) is 8.11. The van der Waals surface area contributed by atoms with E-state index >= 15 is 0 Å². The van der Waals surface area contributed by atoms with Gasteiger partial charge in [-0.15, -0.1) is 0 Å². The summed E-state index contributed by atoms with van der Waals surface area (Å²) in [6.07, 6.45) is -0.349. The minimum absolute atomic E-state index is 0.0106. The van der Waals surface area contributed by atoms with Gasteiger partial charge >= 0.3 is 0 Å². The van der Waals surface area contributed by atoms with Crippen molar-refractivity contribution in [3.8, 4) is 6.07 Å². The highest BCUT2D eigenvalue weighted by Gasteiger charge is 2.35. The van der Waals surface area contributed by atoms with Gasteiger partial charge in [0.05, 0.1) is 19.2 Å². The third-order valence-corrected chi connectivity index (χ3v) is 4.31. The van der Waals surface area contributed by atoms with Gasteiger partial charge in [0.1, 0.15) is 23.6 Å². The lowest BCUT2D eigenvalue weighted by Gasteiger charge is -2.20. The molecule has 0 radical (unpaired) electrons. The van der Waals surface area contributed by atoms with E-state index in [1.807, 2.05) is 43.3 Å². The van der Waals surface area contributed by atoms with Crippen LogP contribution in [0, 0.1) is 11.3 Å². The molecule has 0 saturated carbocycles. The first-order valence-corrected chi connectivity index (χ1v) is 8.11. The number of fused-ring (bicyclic) bond motifs is 1. The van der Waals surface area contributed by atoms with Crippen LogP contribution in [0.4, 0.5) is 4.39 Å². The van der Waals surface area contributed by atoms with Gasteiger partial charge in [-0.25, -0.2) is 4.39 Å². The molecule has 1 aliphatic heterocycles. The highest BCUT2D eigenvalue weighted by atomic mass is 19.1. The van der Waals surface area contributed by atoms with Gasteiger partial charge in [0.2, 0.25) is 5.91 Å². The maximum absolute atomic E-state index is 13.4. The topological polar surface area (TPSA) is 69.3 Å². The number of alkyl halides is 1. The summed E-state index contributed by atoms with van der Waals surface area (Å²) >= 11 is 0. The van der Waals surface area contributed by atoms with E-state index in [9.17, 15) is 9.18 Å². The first kappa shape index (κ1) is 16.5.